The van der Waals surface area contributed by atoms with Gasteiger partial charge in [0.1, 0.15) is 17.8 Å². The van der Waals surface area contributed by atoms with Crippen LogP contribution in [-0.2, 0) is 7.05 Å². The molecule has 1 saturated heterocycles. The van der Waals surface area contributed by atoms with Gasteiger partial charge in [0.05, 0.1) is 6.20 Å². The van der Waals surface area contributed by atoms with E-state index in [-0.39, 0.29) is 17.5 Å². The third-order valence-electron chi connectivity index (χ3n) is 5.30. The molecule has 30 heavy (non-hydrogen) atoms. The number of carbonyl (C=O) groups is 1. The highest BCUT2D eigenvalue weighted by atomic mass is 16.3. The fourth-order valence-corrected chi connectivity index (χ4v) is 3.68. The van der Waals surface area contributed by atoms with Crippen molar-refractivity contribution in [3.05, 3.63) is 54.5 Å². The van der Waals surface area contributed by atoms with Gasteiger partial charge in [0, 0.05) is 30.1 Å². The van der Waals surface area contributed by atoms with Crippen molar-refractivity contribution in [2.45, 2.75) is 18.8 Å². The number of pyridine rings is 1. The van der Waals surface area contributed by atoms with Crippen LogP contribution in [0.15, 0.2) is 47.3 Å². The summed E-state index contributed by atoms with van der Waals surface area (Å²) in [6, 6.07) is 7.79. The van der Waals surface area contributed by atoms with Crippen molar-refractivity contribution in [3.63, 3.8) is 0 Å². The molecular weight excluding hydrogens is 382 g/mol. The minimum Gasteiger partial charge on any atom is -0.448 e. The summed E-state index contributed by atoms with van der Waals surface area (Å²) in [4.78, 5) is 21.4. The lowest BCUT2D eigenvalue weighted by Crippen LogP contribution is -2.26. The Morgan fingerprint density at radius 1 is 1.23 bits per heavy atom. The van der Waals surface area contributed by atoms with Crippen LogP contribution in [0.5, 0.6) is 0 Å². The zero-order valence-electron chi connectivity index (χ0n) is 16.5. The highest BCUT2D eigenvalue weighted by Crippen LogP contribution is 2.26. The molecule has 9 nitrogen and oxygen atoms in total. The molecule has 1 aromatic carbocycles. The topological polar surface area (TPSA) is 111 Å². The number of amides is 1. The third-order valence-corrected chi connectivity index (χ3v) is 5.30. The van der Waals surface area contributed by atoms with Gasteiger partial charge < -0.3 is 15.1 Å². The Morgan fingerprint density at radius 2 is 2.10 bits per heavy atom. The van der Waals surface area contributed by atoms with E-state index in [1.807, 2.05) is 37.5 Å². The number of rotatable bonds is 4. The van der Waals surface area contributed by atoms with Crippen LogP contribution in [0.3, 0.4) is 0 Å². The minimum absolute atomic E-state index is 0.256. The number of nitrogens with zero attached hydrogens (tertiary/aromatic N) is 5. The fourth-order valence-electron chi connectivity index (χ4n) is 3.68. The lowest BCUT2D eigenvalue weighted by atomic mass is 9.98. The predicted molar refractivity (Wildman–Crippen MR) is 111 cm³/mol. The number of oxazole rings is 1. The molecule has 5 rings (SSSR count). The molecule has 9 heteroatoms. The Bertz CT molecular complexity index is 1210. The van der Waals surface area contributed by atoms with Crippen molar-refractivity contribution in [2.75, 3.05) is 18.4 Å². The van der Waals surface area contributed by atoms with Crippen molar-refractivity contribution in [1.82, 2.24) is 30.3 Å². The van der Waals surface area contributed by atoms with E-state index in [1.165, 1.54) is 6.26 Å². The predicted octanol–water partition coefficient (Wildman–Crippen LogP) is 2.74. The normalized spacial score (nSPS) is 14.8. The number of benzene rings is 1. The van der Waals surface area contributed by atoms with Crippen LogP contribution in [0.4, 0.5) is 5.82 Å². The molecule has 0 aliphatic carbocycles. The van der Waals surface area contributed by atoms with Gasteiger partial charge in [-0.3, -0.25) is 9.48 Å². The largest absolute Gasteiger partial charge is 0.448 e. The summed E-state index contributed by atoms with van der Waals surface area (Å²) in [6.07, 6.45) is 6.92. The lowest BCUT2D eigenvalue weighted by molar-refractivity contribution is 0.102. The summed E-state index contributed by atoms with van der Waals surface area (Å²) in [5, 5.41) is 16.2. The number of carbonyl (C=O) groups excluding carboxylic acids is 1. The van der Waals surface area contributed by atoms with E-state index in [4.69, 9.17) is 4.42 Å². The molecule has 1 aliphatic heterocycles. The number of hydrogen-bond acceptors (Lipinski definition) is 7. The maximum atomic E-state index is 12.6. The van der Waals surface area contributed by atoms with Gasteiger partial charge in [0.2, 0.25) is 0 Å². The van der Waals surface area contributed by atoms with E-state index in [2.05, 4.69) is 30.9 Å². The van der Waals surface area contributed by atoms with Gasteiger partial charge in [-0.25, -0.2) is 9.97 Å². The molecule has 0 bridgehead atoms. The van der Waals surface area contributed by atoms with Crippen molar-refractivity contribution < 1.29 is 9.21 Å². The molecule has 0 radical (unpaired) electrons. The van der Waals surface area contributed by atoms with Gasteiger partial charge in [-0.05, 0) is 43.5 Å². The molecule has 0 saturated carbocycles. The van der Waals surface area contributed by atoms with Crippen molar-refractivity contribution in [2.24, 2.45) is 7.05 Å². The summed E-state index contributed by atoms with van der Waals surface area (Å²) in [7, 11) is 1.83. The highest BCUT2D eigenvalue weighted by Gasteiger charge is 2.22. The Labute approximate surface area is 172 Å². The second-order valence-electron chi connectivity index (χ2n) is 7.46. The van der Waals surface area contributed by atoms with E-state index >= 15 is 0 Å². The Balaban J connectivity index is 1.35. The molecular formula is C21H21N7O2. The molecule has 0 atom stereocenters. The first-order valence-corrected chi connectivity index (χ1v) is 9.90. The van der Waals surface area contributed by atoms with Gasteiger partial charge in [-0.15, -0.1) is 5.10 Å². The summed E-state index contributed by atoms with van der Waals surface area (Å²) < 4.78 is 7.23. The number of piperidine rings is 1. The van der Waals surface area contributed by atoms with Gasteiger partial charge in [0.25, 0.3) is 5.91 Å². The van der Waals surface area contributed by atoms with E-state index in [1.54, 1.807) is 10.9 Å². The van der Waals surface area contributed by atoms with Gasteiger partial charge in [-0.1, -0.05) is 17.3 Å². The van der Waals surface area contributed by atoms with Crippen LogP contribution < -0.4 is 10.6 Å². The molecule has 2 N–H and O–H groups in total. The number of fused-ring (bicyclic) bond motifs is 1. The van der Waals surface area contributed by atoms with Crippen LogP contribution in [0.2, 0.25) is 0 Å². The first-order valence-electron chi connectivity index (χ1n) is 9.90. The van der Waals surface area contributed by atoms with Crippen LogP contribution in [0.25, 0.3) is 22.0 Å². The summed E-state index contributed by atoms with van der Waals surface area (Å²) in [6.45, 7) is 1.87. The van der Waals surface area contributed by atoms with Gasteiger partial charge in [-0.2, -0.15) is 0 Å². The number of hydrogen-bond donors (Lipinski definition) is 2. The second kappa shape index (κ2) is 7.68. The highest BCUT2D eigenvalue weighted by molar-refractivity contribution is 6.03. The van der Waals surface area contributed by atoms with E-state index in [9.17, 15) is 4.79 Å². The van der Waals surface area contributed by atoms with Gasteiger partial charge in [0.15, 0.2) is 11.6 Å². The van der Waals surface area contributed by atoms with E-state index in [0.29, 0.717) is 11.7 Å². The molecule has 0 unspecified atom stereocenters. The third kappa shape index (κ3) is 3.67. The molecule has 1 aliphatic rings. The number of nitrogens with one attached hydrogen (secondary N) is 2. The summed E-state index contributed by atoms with van der Waals surface area (Å²) in [5.41, 5.74) is 2.00. The standard InChI is InChI=1S/C21H21N7O2/c1-28-11-17(26-27-28)14-2-3-15-10-23-19(9-16(15)8-14)25-20(29)18-12-30-21(24-18)13-4-6-22-7-5-13/h2-3,8-13,22H,4-7H2,1H3,(H,23,25,29). The molecule has 152 valence electrons. The van der Waals surface area contributed by atoms with E-state index < -0.39 is 0 Å². The van der Waals surface area contributed by atoms with Crippen molar-refractivity contribution in [1.29, 1.82) is 0 Å². The molecule has 4 aromatic rings. The monoisotopic (exact) mass is 403 g/mol. The quantitative estimate of drug-likeness (QED) is 0.539. The maximum Gasteiger partial charge on any atom is 0.278 e. The molecule has 1 fully saturated rings. The first kappa shape index (κ1) is 18.4. The minimum atomic E-state index is -0.337. The van der Waals surface area contributed by atoms with Crippen LogP contribution in [-0.4, -0.2) is 44.0 Å². The number of aryl methyl sites for hydroxylation is 1. The zero-order valence-corrected chi connectivity index (χ0v) is 16.5. The Kier molecular flexibility index (Phi) is 4.72. The van der Waals surface area contributed by atoms with Crippen LogP contribution in [0.1, 0.15) is 35.1 Å². The lowest BCUT2D eigenvalue weighted by Gasteiger charge is -2.19. The molecule has 4 heterocycles. The molecule has 0 spiro atoms. The van der Waals surface area contributed by atoms with Crippen LogP contribution in [0, 0.1) is 0 Å². The molecule has 1 amide bonds. The smallest absolute Gasteiger partial charge is 0.278 e. The second-order valence-corrected chi connectivity index (χ2v) is 7.46. The number of anilines is 1. The van der Waals surface area contributed by atoms with Gasteiger partial charge >= 0.3 is 0 Å². The fraction of sp³-hybridized carbons (Fsp3) is 0.286. The van der Waals surface area contributed by atoms with Crippen molar-refractivity contribution >= 4 is 22.5 Å². The average Bonchev–Trinajstić information content (AvgIpc) is 3.43. The van der Waals surface area contributed by atoms with Crippen molar-refractivity contribution in [3.8, 4) is 11.3 Å². The Morgan fingerprint density at radius 3 is 2.90 bits per heavy atom. The van der Waals surface area contributed by atoms with Crippen LogP contribution >= 0.6 is 0 Å². The SMILES string of the molecule is Cn1cc(-c2ccc3cnc(NC(=O)c4coc(C5CCNCC5)n4)cc3c2)nn1. The Hall–Kier alpha value is -3.59. The number of aromatic nitrogens is 5. The first-order chi connectivity index (χ1) is 14.7. The summed E-state index contributed by atoms with van der Waals surface area (Å²) in [5.74, 6) is 0.999. The maximum absolute atomic E-state index is 12.6. The summed E-state index contributed by atoms with van der Waals surface area (Å²) >= 11 is 0. The average molecular weight is 403 g/mol. The molecule has 3 aromatic heterocycles. The van der Waals surface area contributed by atoms with E-state index in [0.717, 1.165) is 48.0 Å². The zero-order chi connectivity index (χ0) is 20.5.